The fourth-order valence-corrected chi connectivity index (χ4v) is 2.57. The summed E-state index contributed by atoms with van der Waals surface area (Å²) in [6.45, 7) is 0.560. The van der Waals surface area contributed by atoms with Crippen LogP contribution in [0.25, 0.3) is 5.65 Å². The number of likely N-dealkylation sites (tertiary alicyclic amines) is 1. The van der Waals surface area contributed by atoms with Crippen LogP contribution in [0.15, 0.2) is 24.5 Å². The van der Waals surface area contributed by atoms with Gasteiger partial charge in [0.05, 0.1) is 0 Å². The molecule has 0 bridgehead atoms. The minimum absolute atomic E-state index is 0.00825. The van der Waals surface area contributed by atoms with Gasteiger partial charge in [-0.2, -0.15) is 13.2 Å². The SMILES string of the molecule is OC(CN1CCC(Nc2ccc3nccn3n2)C1)C(F)(F)F. The summed E-state index contributed by atoms with van der Waals surface area (Å²) in [6.07, 6.45) is -2.80. The summed E-state index contributed by atoms with van der Waals surface area (Å²) in [5.74, 6) is 0.647. The molecule has 2 N–H and O–H groups in total. The van der Waals surface area contributed by atoms with Gasteiger partial charge in [0, 0.05) is 38.1 Å². The number of β-amino-alcohol motifs (C(OH)–C–C–N with tert-alkyl or cyclic N) is 1. The van der Waals surface area contributed by atoms with Crippen LogP contribution in [0.2, 0.25) is 0 Å². The number of rotatable bonds is 4. The second-order valence-electron chi connectivity index (χ2n) is 5.40. The lowest BCUT2D eigenvalue weighted by atomic mass is 10.2. The Hall–Kier alpha value is -1.87. The number of alkyl halides is 3. The maximum Gasteiger partial charge on any atom is 0.415 e. The van der Waals surface area contributed by atoms with Gasteiger partial charge in [-0.05, 0) is 18.6 Å². The number of fused-ring (bicyclic) bond motifs is 1. The van der Waals surface area contributed by atoms with E-state index in [9.17, 15) is 13.2 Å². The highest BCUT2D eigenvalue weighted by molar-refractivity contribution is 5.44. The number of nitrogens with one attached hydrogen (secondary N) is 1. The van der Waals surface area contributed by atoms with E-state index in [0.29, 0.717) is 25.3 Å². The van der Waals surface area contributed by atoms with E-state index >= 15 is 0 Å². The Morgan fingerprint density at radius 3 is 3.00 bits per heavy atom. The number of hydrogen-bond donors (Lipinski definition) is 2. The first kappa shape index (κ1) is 15.0. The number of nitrogens with zero attached hydrogens (tertiary/aromatic N) is 4. The molecule has 2 unspecified atom stereocenters. The first-order valence-corrected chi connectivity index (χ1v) is 6.96. The summed E-state index contributed by atoms with van der Waals surface area (Å²) in [6, 6.07) is 3.61. The quantitative estimate of drug-likeness (QED) is 0.886. The van der Waals surface area contributed by atoms with Gasteiger partial charge in [-0.3, -0.25) is 4.90 Å². The summed E-state index contributed by atoms with van der Waals surface area (Å²) in [5.41, 5.74) is 0.729. The van der Waals surface area contributed by atoms with Crippen LogP contribution in [0.4, 0.5) is 19.0 Å². The van der Waals surface area contributed by atoms with Gasteiger partial charge in [-0.1, -0.05) is 0 Å². The van der Waals surface area contributed by atoms with Gasteiger partial charge in [0.15, 0.2) is 11.8 Å². The third-order valence-corrected chi connectivity index (χ3v) is 3.69. The van der Waals surface area contributed by atoms with E-state index in [1.807, 2.05) is 6.07 Å². The largest absolute Gasteiger partial charge is 0.415 e. The number of imidazole rings is 1. The third-order valence-electron chi connectivity index (χ3n) is 3.69. The fourth-order valence-electron chi connectivity index (χ4n) is 2.57. The number of halogens is 3. The Kier molecular flexibility index (Phi) is 3.92. The maximum atomic E-state index is 12.4. The summed E-state index contributed by atoms with van der Waals surface area (Å²) >= 11 is 0. The van der Waals surface area contributed by atoms with Crippen LogP contribution >= 0.6 is 0 Å². The molecule has 1 aliphatic heterocycles. The average Bonchev–Trinajstić information content (AvgIpc) is 3.06. The number of anilines is 1. The molecule has 1 fully saturated rings. The zero-order valence-corrected chi connectivity index (χ0v) is 11.7. The second-order valence-corrected chi connectivity index (χ2v) is 5.40. The van der Waals surface area contributed by atoms with Gasteiger partial charge in [0.2, 0.25) is 0 Å². The topological polar surface area (TPSA) is 65.7 Å². The molecule has 0 aromatic carbocycles. The van der Waals surface area contributed by atoms with Crippen molar-refractivity contribution in [2.75, 3.05) is 25.0 Å². The molecule has 120 valence electrons. The van der Waals surface area contributed by atoms with Crippen molar-refractivity contribution in [3.05, 3.63) is 24.5 Å². The minimum atomic E-state index is -4.57. The van der Waals surface area contributed by atoms with E-state index in [1.54, 1.807) is 27.9 Å². The summed E-state index contributed by atoms with van der Waals surface area (Å²) < 4.78 is 38.7. The van der Waals surface area contributed by atoms with Gasteiger partial charge in [-0.15, -0.1) is 5.10 Å². The molecule has 3 heterocycles. The molecule has 2 aromatic rings. The van der Waals surface area contributed by atoms with Crippen LogP contribution in [0.3, 0.4) is 0 Å². The second kappa shape index (κ2) is 5.73. The molecule has 3 rings (SSSR count). The van der Waals surface area contributed by atoms with Gasteiger partial charge < -0.3 is 10.4 Å². The highest BCUT2D eigenvalue weighted by atomic mass is 19.4. The summed E-state index contributed by atoms with van der Waals surface area (Å²) in [4.78, 5) is 5.69. The Balaban J connectivity index is 1.56. The zero-order chi connectivity index (χ0) is 15.7. The van der Waals surface area contributed by atoms with Crippen molar-refractivity contribution in [3.63, 3.8) is 0 Å². The van der Waals surface area contributed by atoms with E-state index in [4.69, 9.17) is 5.11 Å². The Morgan fingerprint density at radius 2 is 2.23 bits per heavy atom. The van der Waals surface area contributed by atoms with Gasteiger partial charge in [0.25, 0.3) is 0 Å². The normalized spacial score (nSPS) is 21.4. The third kappa shape index (κ3) is 3.30. The molecule has 2 aromatic heterocycles. The standard InChI is InChI=1S/C13H16F3N5O/c14-13(15,16)10(22)8-20-5-3-9(7-20)18-11-1-2-12-17-4-6-21(12)19-11/h1-2,4,6,9-10,22H,3,5,7-8H2,(H,18,19). The predicted molar refractivity (Wildman–Crippen MR) is 73.5 cm³/mol. The molecule has 9 heteroatoms. The highest BCUT2D eigenvalue weighted by Gasteiger charge is 2.40. The Morgan fingerprint density at radius 1 is 1.41 bits per heavy atom. The smallest absolute Gasteiger partial charge is 0.382 e. The predicted octanol–water partition coefficient (Wildman–Crippen LogP) is 1.14. The lowest BCUT2D eigenvalue weighted by molar-refractivity contribution is -0.207. The average molecular weight is 315 g/mol. The minimum Gasteiger partial charge on any atom is -0.382 e. The molecule has 2 atom stereocenters. The van der Waals surface area contributed by atoms with Crippen LogP contribution in [-0.2, 0) is 0 Å². The van der Waals surface area contributed by atoms with Crippen molar-refractivity contribution in [2.45, 2.75) is 24.7 Å². The van der Waals surface area contributed by atoms with E-state index in [1.165, 1.54) is 0 Å². The molecule has 1 aliphatic rings. The molecular formula is C13H16F3N5O. The van der Waals surface area contributed by atoms with Crippen molar-refractivity contribution in [2.24, 2.45) is 0 Å². The van der Waals surface area contributed by atoms with Crippen LogP contribution in [0.1, 0.15) is 6.42 Å². The van der Waals surface area contributed by atoms with E-state index < -0.39 is 18.8 Å². The molecular weight excluding hydrogens is 299 g/mol. The van der Waals surface area contributed by atoms with Crippen molar-refractivity contribution in [1.82, 2.24) is 19.5 Å². The molecule has 6 nitrogen and oxygen atoms in total. The number of aromatic nitrogens is 3. The van der Waals surface area contributed by atoms with E-state index in [0.717, 1.165) is 5.65 Å². The lowest BCUT2D eigenvalue weighted by Gasteiger charge is -2.22. The van der Waals surface area contributed by atoms with Crippen molar-refractivity contribution >= 4 is 11.5 Å². The number of aliphatic hydroxyl groups excluding tert-OH is 1. The Bertz CT molecular complexity index is 644. The number of aliphatic hydroxyl groups is 1. The molecule has 1 saturated heterocycles. The van der Waals surface area contributed by atoms with Crippen molar-refractivity contribution in [3.8, 4) is 0 Å². The van der Waals surface area contributed by atoms with Gasteiger partial charge in [-0.25, -0.2) is 9.50 Å². The summed E-state index contributed by atoms with van der Waals surface area (Å²) in [7, 11) is 0. The first-order valence-electron chi connectivity index (χ1n) is 6.96. The molecule has 0 spiro atoms. The molecule has 0 saturated carbocycles. The van der Waals surface area contributed by atoms with Crippen LogP contribution < -0.4 is 5.32 Å². The summed E-state index contributed by atoms with van der Waals surface area (Å²) in [5, 5.41) is 16.6. The fraction of sp³-hybridized carbons (Fsp3) is 0.538. The highest BCUT2D eigenvalue weighted by Crippen LogP contribution is 2.22. The van der Waals surface area contributed by atoms with E-state index in [2.05, 4.69) is 15.4 Å². The van der Waals surface area contributed by atoms with Gasteiger partial charge in [0.1, 0.15) is 5.82 Å². The lowest BCUT2D eigenvalue weighted by Crippen LogP contribution is -2.40. The number of hydrogen-bond acceptors (Lipinski definition) is 5. The van der Waals surface area contributed by atoms with Crippen LogP contribution in [-0.4, -0.2) is 62.6 Å². The maximum absolute atomic E-state index is 12.4. The Labute approximate surface area is 124 Å². The van der Waals surface area contributed by atoms with Gasteiger partial charge >= 0.3 is 6.18 Å². The van der Waals surface area contributed by atoms with Crippen LogP contribution in [0, 0.1) is 0 Å². The first-order chi connectivity index (χ1) is 10.4. The van der Waals surface area contributed by atoms with E-state index in [-0.39, 0.29) is 6.04 Å². The monoisotopic (exact) mass is 315 g/mol. The molecule has 0 radical (unpaired) electrons. The van der Waals surface area contributed by atoms with Crippen molar-refractivity contribution in [1.29, 1.82) is 0 Å². The molecule has 0 amide bonds. The van der Waals surface area contributed by atoms with Crippen molar-refractivity contribution < 1.29 is 18.3 Å². The van der Waals surface area contributed by atoms with Crippen LogP contribution in [0.5, 0.6) is 0 Å². The molecule has 22 heavy (non-hydrogen) atoms. The molecule has 0 aliphatic carbocycles. The zero-order valence-electron chi connectivity index (χ0n) is 11.7.